The molecule has 0 aliphatic rings. The summed E-state index contributed by atoms with van der Waals surface area (Å²) in [5.74, 6) is -0.509. The number of halogens is 2. The smallest absolute Gasteiger partial charge is 0.140 e. The SMILES string of the molecule is CCCNC(CCC)c1cc2c(F)cc(F)cc2o1. The Morgan fingerprint density at radius 1 is 1.16 bits per heavy atom. The maximum absolute atomic E-state index is 13.6. The van der Waals surface area contributed by atoms with Crippen LogP contribution in [-0.2, 0) is 0 Å². The van der Waals surface area contributed by atoms with E-state index in [9.17, 15) is 8.78 Å². The molecule has 0 aliphatic carbocycles. The third-order valence-electron chi connectivity index (χ3n) is 3.13. The van der Waals surface area contributed by atoms with E-state index >= 15 is 0 Å². The Kier molecular flexibility index (Phi) is 4.53. The Morgan fingerprint density at radius 3 is 2.63 bits per heavy atom. The highest BCUT2D eigenvalue weighted by molar-refractivity contribution is 5.78. The van der Waals surface area contributed by atoms with E-state index in [1.807, 2.05) is 0 Å². The molecule has 1 atom stereocenters. The van der Waals surface area contributed by atoms with Crippen LogP contribution >= 0.6 is 0 Å². The lowest BCUT2D eigenvalue weighted by atomic mass is 10.1. The van der Waals surface area contributed by atoms with Crippen LogP contribution in [0.25, 0.3) is 11.0 Å². The van der Waals surface area contributed by atoms with Crippen molar-refractivity contribution in [3.63, 3.8) is 0 Å². The molecule has 4 heteroatoms. The highest BCUT2D eigenvalue weighted by Crippen LogP contribution is 2.29. The largest absolute Gasteiger partial charge is 0.459 e. The molecule has 0 radical (unpaired) electrons. The van der Waals surface area contributed by atoms with Crippen molar-refractivity contribution < 1.29 is 13.2 Å². The third kappa shape index (κ3) is 3.13. The van der Waals surface area contributed by atoms with Gasteiger partial charge in [-0.05, 0) is 25.5 Å². The van der Waals surface area contributed by atoms with E-state index in [2.05, 4.69) is 19.2 Å². The van der Waals surface area contributed by atoms with Crippen LogP contribution in [0.5, 0.6) is 0 Å². The predicted molar refractivity (Wildman–Crippen MR) is 72.1 cm³/mol. The predicted octanol–water partition coefficient (Wildman–Crippen LogP) is 4.55. The van der Waals surface area contributed by atoms with Crippen LogP contribution in [0.15, 0.2) is 22.6 Å². The summed E-state index contributed by atoms with van der Waals surface area (Å²) in [4.78, 5) is 0. The van der Waals surface area contributed by atoms with Crippen molar-refractivity contribution in [2.45, 2.75) is 39.2 Å². The van der Waals surface area contributed by atoms with Gasteiger partial charge in [-0.2, -0.15) is 0 Å². The van der Waals surface area contributed by atoms with Crippen molar-refractivity contribution in [1.82, 2.24) is 5.32 Å². The molecule has 0 spiro atoms. The highest BCUT2D eigenvalue weighted by Gasteiger charge is 2.17. The van der Waals surface area contributed by atoms with Crippen LogP contribution in [-0.4, -0.2) is 6.54 Å². The summed E-state index contributed by atoms with van der Waals surface area (Å²) in [5, 5.41) is 3.72. The van der Waals surface area contributed by atoms with E-state index in [1.165, 1.54) is 6.07 Å². The molecule has 0 saturated heterocycles. The molecule has 1 heterocycles. The zero-order valence-corrected chi connectivity index (χ0v) is 11.3. The van der Waals surface area contributed by atoms with Crippen molar-refractivity contribution in [1.29, 1.82) is 0 Å². The normalized spacial score (nSPS) is 13.1. The minimum Gasteiger partial charge on any atom is -0.459 e. The monoisotopic (exact) mass is 267 g/mol. The van der Waals surface area contributed by atoms with Gasteiger partial charge < -0.3 is 9.73 Å². The van der Waals surface area contributed by atoms with Crippen LogP contribution in [0.4, 0.5) is 8.78 Å². The van der Waals surface area contributed by atoms with Gasteiger partial charge in [0.25, 0.3) is 0 Å². The Bertz CT molecular complexity index is 550. The van der Waals surface area contributed by atoms with Crippen molar-refractivity contribution in [2.75, 3.05) is 6.54 Å². The fourth-order valence-electron chi connectivity index (χ4n) is 2.21. The van der Waals surface area contributed by atoms with Crippen molar-refractivity contribution in [3.8, 4) is 0 Å². The molecule has 2 aromatic rings. The van der Waals surface area contributed by atoms with Crippen molar-refractivity contribution in [3.05, 3.63) is 35.6 Å². The standard InChI is InChI=1S/C15H19F2NO/c1-3-5-13(18-6-4-2)15-9-11-12(17)7-10(16)8-14(11)19-15/h7-9,13,18H,3-6H2,1-2H3. The van der Waals surface area contributed by atoms with E-state index in [-0.39, 0.29) is 11.6 Å². The van der Waals surface area contributed by atoms with Crippen molar-refractivity contribution >= 4 is 11.0 Å². The first-order chi connectivity index (χ1) is 9.15. The third-order valence-corrected chi connectivity index (χ3v) is 3.13. The van der Waals surface area contributed by atoms with Gasteiger partial charge >= 0.3 is 0 Å². The number of benzene rings is 1. The van der Waals surface area contributed by atoms with Gasteiger partial charge in [0, 0.05) is 12.1 Å². The lowest BCUT2D eigenvalue weighted by Gasteiger charge is -2.14. The van der Waals surface area contributed by atoms with Gasteiger partial charge in [0.1, 0.15) is 23.0 Å². The molecule has 0 aliphatic heterocycles. The molecule has 1 aromatic heterocycles. The summed E-state index contributed by atoms with van der Waals surface area (Å²) < 4.78 is 32.4. The molecule has 1 aromatic carbocycles. The molecule has 19 heavy (non-hydrogen) atoms. The number of furan rings is 1. The first kappa shape index (κ1) is 14.0. The van der Waals surface area contributed by atoms with Crippen LogP contribution < -0.4 is 5.32 Å². The molecule has 2 rings (SSSR count). The topological polar surface area (TPSA) is 25.2 Å². The van der Waals surface area contributed by atoms with Crippen LogP contribution in [0.2, 0.25) is 0 Å². The first-order valence-electron chi connectivity index (χ1n) is 6.77. The van der Waals surface area contributed by atoms with E-state index in [1.54, 1.807) is 6.07 Å². The molecular formula is C15H19F2NO. The molecule has 2 nitrogen and oxygen atoms in total. The van der Waals surface area contributed by atoms with Gasteiger partial charge in [-0.1, -0.05) is 20.3 Å². The Balaban J connectivity index is 2.34. The van der Waals surface area contributed by atoms with E-state index in [0.717, 1.165) is 31.9 Å². The fraction of sp³-hybridized carbons (Fsp3) is 0.467. The van der Waals surface area contributed by atoms with Crippen LogP contribution in [0, 0.1) is 11.6 Å². The van der Waals surface area contributed by atoms with Gasteiger partial charge in [0.15, 0.2) is 0 Å². The van der Waals surface area contributed by atoms with Gasteiger partial charge in [-0.3, -0.25) is 0 Å². The summed E-state index contributed by atoms with van der Waals surface area (Å²) in [7, 11) is 0. The molecule has 0 fully saturated rings. The maximum atomic E-state index is 13.6. The molecule has 1 N–H and O–H groups in total. The first-order valence-corrected chi connectivity index (χ1v) is 6.77. The summed E-state index contributed by atoms with van der Waals surface area (Å²) in [5.41, 5.74) is 0.270. The van der Waals surface area contributed by atoms with E-state index in [0.29, 0.717) is 11.1 Å². The number of hydrogen-bond acceptors (Lipinski definition) is 2. The van der Waals surface area contributed by atoms with E-state index < -0.39 is 11.6 Å². The fourth-order valence-corrected chi connectivity index (χ4v) is 2.21. The molecule has 0 saturated carbocycles. The Labute approximate surface area is 111 Å². The van der Waals surface area contributed by atoms with Gasteiger partial charge in [0.2, 0.25) is 0 Å². The second-order valence-corrected chi connectivity index (χ2v) is 4.74. The zero-order chi connectivity index (χ0) is 13.8. The number of rotatable bonds is 6. The molecule has 104 valence electrons. The Morgan fingerprint density at radius 2 is 1.95 bits per heavy atom. The average molecular weight is 267 g/mol. The number of fused-ring (bicyclic) bond motifs is 1. The lowest BCUT2D eigenvalue weighted by Crippen LogP contribution is -2.21. The summed E-state index contributed by atoms with van der Waals surface area (Å²) in [6.45, 7) is 5.05. The molecule has 0 bridgehead atoms. The highest BCUT2D eigenvalue weighted by atomic mass is 19.1. The lowest BCUT2D eigenvalue weighted by molar-refractivity contribution is 0.407. The van der Waals surface area contributed by atoms with Crippen molar-refractivity contribution in [2.24, 2.45) is 0 Å². The van der Waals surface area contributed by atoms with Crippen LogP contribution in [0.1, 0.15) is 44.9 Å². The van der Waals surface area contributed by atoms with Gasteiger partial charge in [-0.15, -0.1) is 0 Å². The maximum Gasteiger partial charge on any atom is 0.140 e. The second-order valence-electron chi connectivity index (χ2n) is 4.74. The summed E-state index contributed by atoms with van der Waals surface area (Å²) in [6, 6.07) is 3.84. The zero-order valence-electron chi connectivity index (χ0n) is 11.3. The minimum atomic E-state index is -0.612. The molecule has 1 unspecified atom stereocenters. The van der Waals surface area contributed by atoms with E-state index in [4.69, 9.17) is 4.42 Å². The quantitative estimate of drug-likeness (QED) is 0.830. The molecular weight excluding hydrogens is 248 g/mol. The number of hydrogen-bond donors (Lipinski definition) is 1. The van der Waals surface area contributed by atoms with Gasteiger partial charge in [0.05, 0.1) is 11.4 Å². The summed E-state index contributed by atoms with van der Waals surface area (Å²) in [6.07, 6.45) is 2.92. The number of nitrogens with one attached hydrogen (secondary N) is 1. The Hall–Kier alpha value is -1.42. The second kappa shape index (κ2) is 6.15. The summed E-state index contributed by atoms with van der Waals surface area (Å²) >= 11 is 0. The van der Waals surface area contributed by atoms with Gasteiger partial charge in [-0.25, -0.2) is 8.78 Å². The van der Waals surface area contributed by atoms with Crippen LogP contribution in [0.3, 0.4) is 0 Å². The average Bonchev–Trinajstić information content (AvgIpc) is 2.78. The minimum absolute atomic E-state index is 0.0554. The molecule has 0 amide bonds.